The van der Waals surface area contributed by atoms with E-state index in [1.165, 1.54) is 6.07 Å². The van der Waals surface area contributed by atoms with Crippen molar-refractivity contribution in [1.29, 1.82) is 0 Å². The molecule has 0 spiro atoms. The smallest absolute Gasteiger partial charge is 0.189 e. The van der Waals surface area contributed by atoms with E-state index in [0.717, 1.165) is 24.2 Å². The highest BCUT2D eigenvalue weighted by atomic mass is 127. The average Bonchev–Trinajstić information content (AvgIpc) is 2.46. The van der Waals surface area contributed by atoms with Crippen LogP contribution in [0, 0.1) is 5.82 Å². The summed E-state index contributed by atoms with van der Waals surface area (Å²) in [6.07, 6.45) is 0. The number of rotatable bonds is 7. The molecule has 0 aromatic heterocycles. The Hall–Kier alpha value is -1.31. The highest BCUT2D eigenvalue weighted by Crippen LogP contribution is 2.20. The van der Waals surface area contributed by atoms with Gasteiger partial charge >= 0.3 is 0 Å². The Morgan fingerprint density at radius 2 is 2.00 bits per heavy atom. The predicted molar refractivity (Wildman–Crippen MR) is 104 cm³/mol. The van der Waals surface area contributed by atoms with Crippen LogP contribution >= 0.6 is 24.0 Å². The predicted octanol–water partition coefficient (Wildman–Crippen LogP) is 3.27. The fourth-order valence-electron chi connectivity index (χ4n) is 1.94. The number of hydrogen-bond acceptors (Lipinski definition) is 2. The molecule has 0 aliphatic carbocycles. The number of anilines is 1. The number of benzene rings is 1. The van der Waals surface area contributed by atoms with Gasteiger partial charge in [0.1, 0.15) is 5.82 Å². The van der Waals surface area contributed by atoms with Gasteiger partial charge in [-0.25, -0.2) is 9.38 Å². The normalized spacial score (nSPS) is 10.8. The van der Waals surface area contributed by atoms with Gasteiger partial charge in [-0.3, -0.25) is 0 Å². The van der Waals surface area contributed by atoms with E-state index in [0.29, 0.717) is 24.7 Å². The van der Waals surface area contributed by atoms with Crippen LogP contribution in [-0.4, -0.2) is 25.6 Å². The van der Waals surface area contributed by atoms with Gasteiger partial charge in [0.2, 0.25) is 0 Å². The topological polar surface area (TPSA) is 53.6 Å². The van der Waals surface area contributed by atoms with E-state index >= 15 is 0 Å². The third-order valence-corrected chi connectivity index (χ3v) is 3.12. The molecule has 0 amide bonds. The second-order valence-electron chi connectivity index (χ2n) is 4.97. The van der Waals surface area contributed by atoms with Gasteiger partial charge in [-0.15, -0.1) is 24.0 Å². The van der Waals surface area contributed by atoms with Gasteiger partial charge in [-0.05, 0) is 38.5 Å². The van der Waals surface area contributed by atoms with Gasteiger partial charge in [0, 0.05) is 19.6 Å². The molecule has 0 unspecified atom stereocenters. The van der Waals surface area contributed by atoms with Gasteiger partial charge < -0.3 is 16.0 Å². The summed E-state index contributed by atoms with van der Waals surface area (Å²) >= 11 is 0. The number of nitrogens with zero attached hydrogens (tertiary/aromatic N) is 2. The van der Waals surface area contributed by atoms with E-state index in [2.05, 4.69) is 16.9 Å². The Balaban J connectivity index is 0.00000441. The van der Waals surface area contributed by atoms with Crippen LogP contribution in [0.25, 0.3) is 0 Å². The summed E-state index contributed by atoms with van der Waals surface area (Å²) in [6.45, 7) is 12.2. The first-order valence-corrected chi connectivity index (χ1v) is 7.19. The first-order chi connectivity index (χ1) is 9.97. The minimum absolute atomic E-state index is 0. The Labute approximate surface area is 149 Å². The number of halogens is 2. The maximum atomic E-state index is 14.1. The molecule has 1 aromatic rings. The molecule has 3 N–H and O–H groups in total. The lowest BCUT2D eigenvalue weighted by atomic mass is 10.2. The Morgan fingerprint density at radius 3 is 2.50 bits per heavy atom. The van der Waals surface area contributed by atoms with Crippen LogP contribution in [0.5, 0.6) is 0 Å². The Kier molecular flexibility index (Phi) is 9.80. The van der Waals surface area contributed by atoms with E-state index in [1.54, 1.807) is 6.07 Å². The number of aliphatic imine (C=N–C) groups is 1. The lowest BCUT2D eigenvalue weighted by molar-refractivity contribution is 0.617. The number of guanidine groups is 1. The summed E-state index contributed by atoms with van der Waals surface area (Å²) in [5.41, 5.74) is 8.12. The highest BCUT2D eigenvalue weighted by Gasteiger charge is 2.08. The lowest BCUT2D eigenvalue weighted by Gasteiger charge is -2.21. The first-order valence-electron chi connectivity index (χ1n) is 7.19. The fraction of sp³-hybridized carbons (Fsp3) is 0.438. The van der Waals surface area contributed by atoms with Crippen molar-refractivity contribution < 1.29 is 4.39 Å². The van der Waals surface area contributed by atoms with Gasteiger partial charge in [0.15, 0.2) is 5.96 Å². The zero-order valence-electron chi connectivity index (χ0n) is 13.5. The van der Waals surface area contributed by atoms with Crippen molar-refractivity contribution in [2.45, 2.75) is 27.3 Å². The van der Waals surface area contributed by atoms with E-state index in [9.17, 15) is 4.39 Å². The lowest BCUT2D eigenvalue weighted by Crippen LogP contribution is -2.32. The molecule has 0 aliphatic heterocycles. The molecule has 0 aliphatic rings. The van der Waals surface area contributed by atoms with Crippen LogP contribution in [0.4, 0.5) is 10.1 Å². The maximum absolute atomic E-state index is 14.1. The van der Waals surface area contributed by atoms with Crippen molar-refractivity contribution in [3.63, 3.8) is 0 Å². The summed E-state index contributed by atoms with van der Waals surface area (Å²) in [6, 6.07) is 5.19. The van der Waals surface area contributed by atoms with Crippen LogP contribution in [0.15, 0.2) is 35.3 Å². The molecule has 0 atom stereocenters. The van der Waals surface area contributed by atoms with Crippen molar-refractivity contribution in [1.82, 2.24) is 5.32 Å². The minimum atomic E-state index is -0.222. The molecule has 1 rings (SSSR count). The zero-order chi connectivity index (χ0) is 15.8. The molecule has 0 saturated heterocycles. The third-order valence-electron chi connectivity index (χ3n) is 3.12. The number of hydrogen-bond donors (Lipinski definition) is 2. The van der Waals surface area contributed by atoms with E-state index < -0.39 is 0 Å². The molecule has 4 nitrogen and oxygen atoms in total. The second kappa shape index (κ2) is 10.4. The average molecular weight is 420 g/mol. The minimum Gasteiger partial charge on any atom is -0.370 e. The van der Waals surface area contributed by atoms with Crippen molar-refractivity contribution in [2.75, 3.05) is 24.5 Å². The van der Waals surface area contributed by atoms with Crippen molar-refractivity contribution in [3.8, 4) is 0 Å². The van der Waals surface area contributed by atoms with Gasteiger partial charge in [-0.1, -0.05) is 18.2 Å². The van der Waals surface area contributed by atoms with Crippen molar-refractivity contribution in [3.05, 3.63) is 41.7 Å². The van der Waals surface area contributed by atoms with Crippen LogP contribution in [0.1, 0.15) is 26.3 Å². The van der Waals surface area contributed by atoms with Crippen LogP contribution in [0.2, 0.25) is 0 Å². The quantitative estimate of drug-likeness (QED) is 0.308. The molecule has 0 saturated carbocycles. The summed E-state index contributed by atoms with van der Waals surface area (Å²) in [5.74, 6) is 0.117. The molecular weight excluding hydrogens is 394 g/mol. The summed E-state index contributed by atoms with van der Waals surface area (Å²) in [5, 5.41) is 2.94. The molecule has 6 heteroatoms. The number of nitrogens with one attached hydrogen (secondary N) is 1. The van der Waals surface area contributed by atoms with E-state index in [-0.39, 0.29) is 29.8 Å². The van der Waals surface area contributed by atoms with Crippen LogP contribution < -0.4 is 16.0 Å². The molecule has 0 heterocycles. The maximum Gasteiger partial charge on any atom is 0.189 e. The zero-order valence-corrected chi connectivity index (χ0v) is 15.9. The largest absolute Gasteiger partial charge is 0.370 e. The fourth-order valence-corrected chi connectivity index (χ4v) is 1.94. The van der Waals surface area contributed by atoms with Gasteiger partial charge in [-0.2, -0.15) is 0 Å². The molecule has 0 radical (unpaired) electrons. The monoisotopic (exact) mass is 420 g/mol. The first kappa shape index (κ1) is 20.7. The van der Waals surface area contributed by atoms with Gasteiger partial charge in [0.05, 0.1) is 12.2 Å². The van der Waals surface area contributed by atoms with Crippen LogP contribution in [0.3, 0.4) is 0 Å². The van der Waals surface area contributed by atoms with E-state index in [4.69, 9.17) is 5.73 Å². The Morgan fingerprint density at radius 1 is 1.36 bits per heavy atom. The standard InChI is InChI=1S/C16H25FN4.HI/c1-5-21(6-2)15-8-7-13(9-14(15)17)11-20-16(18)19-10-12(3)4;/h7-9H,3,5-6,10-11H2,1-2,4H3,(H3,18,19,20);1H. The molecule has 22 heavy (non-hydrogen) atoms. The summed E-state index contributed by atoms with van der Waals surface area (Å²) in [7, 11) is 0. The van der Waals surface area contributed by atoms with Gasteiger partial charge in [0.25, 0.3) is 0 Å². The Bertz CT molecular complexity index is 513. The van der Waals surface area contributed by atoms with Crippen molar-refractivity contribution >= 4 is 35.6 Å². The summed E-state index contributed by atoms with van der Waals surface area (Å²) < 4.78 is 14.1. The SMILES string of the molecule is C=C(C)CNC(N)=NCc1ccc(N(CC)CC)c(F)c1.I. The molecule has 1 aromatic carbocycles. The van der Waals surface area contributed by atoms with E-state index in [1.807, 2.05) is 31.7 Å². The molecule has 0 fully saturated rings. The molecule has 124 valence electrons. The third kappa shape index (κ3) is 6.64. The number of nitrogens with two attached hydrogens (primary N) is 1. The van der Waals surface area contributed by atoms with Crippen LogP contribution in [-0.2, 0) is 6.54 Å². The highest BCUT2D eigenvalue weighted by molar-refractivity contribution is 14.0. The van der Waals surface area contributed by atoms with Crippen molar-refractivity contribution in [2.24, 2.45) is 10.7 Å². The molecular formula is C16H26FIN4. The summed E-state index contributed by atoms with van der Waals surface area (Å²) in [4.78, 5) is 6.16. The second-order valence-corrected chi connectivity index (χ2v) is 4.97. The molecule has 0 bridgehead atoms.